The Hall–Kier alpha value is -1.85. The molecular weight excluding hydrogens is 370 g/mol. The van der Waals surface area contributed by atoms with E-state index in [9.17, 15) is 0 Å². The average Bonchev–Trinajstić information content (AvgIpc) is 2.87. The van der Waals surface area contributed by atoms with Crippen molar-refractivity contribution in [2.24, 2.45) is 0 Å². The molecule has 4 rings (SSSR count). The minimum atomic E-state index is 0.254. The molecule has 0 aliphatic carbocycles. The van der Waals surface area contributed by atoms with Gasteiger partial charge < -0.3 is 14.9 Å². The average molecular weight is 398 g/mol. The summed E-state index contributed by atoms with van der Waals surface area (Å²) < 4.78 is 0. The quantitative estimate of drug-likeness (QED) is 0.799. The topological polar surface area (TPSA) is 30.0 Å². The number of benzene rings is 2. The Balaban J connectivity index is 1.45. The van der Waals surface area contributed by atoms with Gasteiger partial charge in [0, 0.05) is 55.7 Å². The summed E-state index contributed by atoms with van der Waals surface area (Å²) in [5, 5.41) is 9.87. The Bertz CT molecular complexity index is 830. The van der Waals surface area contributed by atoms with Crippen molar-refractivity contribution in [2.45, 2.75) is 6.42 Å². The summed E-state index contributed by atoms with van der Waals surface area (Å²) in [6.07, 6.45) is 5.48. The maximum Gasteiger partial charge on any atom is 0.0558 e. The third kappa shape index (κ3) is 4.41. The van der Waals surface area contributed by atoms with Crippen molar-refractivity contribution in [2.75, 3.05) is 57.3 Å². The second-order valence-electron chi connectivity index (χ2n) is 7.51. The molecule has 2 aliphatic rings. The fourth-order valence-electron chi connectivity index (χ4n) is 4.15. The highest BCUT2D eigenvalue weighted by Crippen LogP contribution is 2.37. The highest BCUT2D eigenvalue weighted by atomic mass is 35.5. The second kappa shape index (κ2) is 9.10. The van der Waals surface area contributed by atoms with Crippen LogP contribution in [0.4, 0.5) is 11.4 Å². The van der Waals surface area contributed by atoms with Crippen LogP contribution in [0.15, 0.2) is 42.5 Å². The first kappa shape index (κ1) is 19.5. The lowest BCUT2D eigenvalue weighted by molar-refractivity contribution is 0.112. The van der Waals surface area contributed by atoms with E-state index >= 15 is 0 Å². The van der Waals surface area contributed by atoms with E-state index in [4.69, 9.17) is 16.7 Å². The Morgan fingerprint density at radius 3 is 2.21 bits per heavy atom. The molecule has 0 radical (unpaired) electrons. The molecule has 2 aromatic carbocycles. The minimum Gasteiger partial charge on any atom is -0.395 e. The lowest BCUT2D eigenvalue weighted by atomic mass is 10.1. The molecule has 0 atom stereocenters. The summed E-state index contributed by atoms with van der Waals surface area (Å²) in [5.41, 5.74) is 4.87. The minimum absolute atomic E-state index is 0.254. The highest BCUT2D eigenvalue weighted by Gasteiger charge is 2.20. The molecule has 1 N–H and O–H groups in total. The molecule has 5 heteroatoms. The SMILES string of the molecule is OCCN1CCN(CCCN2c3ccccc3C=Cc3ccc(Cl)cc32)CC1. The van der Waals surface area contributed by atoms with Gasteiger partial charge in [0.05, 0.1) is 6.61 Å². The van der Waals surface area contributed by atoms with Crippen molar-refractivity contribution < 1.29 is 5.11 Å². The van der Waals surface area contributed by atoms with Gasteiger partial charge in [-0.15, -0.1) is 0 Å². The number of hydrogen-bond donors (Lipinski definition) is 1. The number of nitrogens with zero attached hydrogens (tertiary/aromatic N) is 3. The molecule has 1 saturated heterocycles. The molecule has 0 spiro atoms. The van der Waals surface area contributed by atoms with Crippen LogP contribution in [-0.4, -0.2) is 67.3 Å². The van der Waals surface area contributed by atoms with E-state index in [1.54, 1.807) is 0 Å². The lowest BCUT2D eigenvalue weighted by Gasteiger charge is -2.35. The smallest absolute Gasteiger partial charge is 0.0558 e. The van der Waals surface area contributed by atoms with Crippen molar-refractivity contribution in [3.8, 4) is 0 Å². The van der Waals surface area contributed by atoms with Crippen LogP contribution in [0.25, 0.3) is 12.2 Å². The van der Waals surface area contributed by atoms with Crippen LogP contribution in [0.5, 0.6) is 0 Å². The van der Waals surface area contributed by atoms with Crippen LogP contribution >= 0.6 is 11.6 Å². The number of fused-ring (bicyclic) bond motifs is 2. The number of hydrogen-bond acceptors (Lipinski definition) is 4. The molecule has 2 aromatic rings. The fraction of sp³-hybridized carbons (Fsp3) is 0.391. The van der Waals surface area contributed by atoms with Crippen molar-refractivity contribution in [1.29, 1.82) is 0 Å². The van der Waals surface area contributed by atoms with Gasteiger partial charge in [-0.25, -0.2) is 0 Å². The third-order valence-electron chi connectivity index (χ3n) is 5.69. The number of aliphatic hydroxyl groups excluding tert-OH is 1. The third-order valence-corrected chi connectivity index (χ3v) is 5.93. The molecule has 4 nitrogen and oxygen atoms in total. The number of piperazine rings is 1. The molecule has 2 aliphatic heterocycles. The van der Waals surface area contributed by atoms with Crippen molar-refractivity contribution in [3.05, 3.63) is 58.6 Å². The van der Waals surface area contributed by atoms with Gasteiger partial charge in [0.25, 0.3) is 0 Å². The zero-order valence-corrected chi connectivity index (χ0v) is 17.0. The fourth-order valence-corrected chi connectivity index (χ4v) is 4.31. The van der Waals surface area contributed by atoms with Crippen molar-refractivity contribution in [3.63, 3.8) is 0 Å². The van der Waals surface area contributed by atoms with Crippen LogP contribution in [0.2, 0.25) is 5.02 Å². The Kier molecular flexibility index (Phi) is 6.33. The summed E-state index contributed by atoms with van der Waals surface area (Å²) in [4.78, 5) is 7.29. The molecule has 0 amide bonds. The predicted molar refractivity (Wildman–Crippen MR) is 118 cm³/mol. The van der Waals surface area contributed by atoms with E-state index in [-0.39, 0.29) is 6.61 Å². The van der Waals surface area contributed by atoms with Gasteiger partial charge in [0.1, 0.15) is 0 Å². The van der Waals surface area contributed by atoms with E-state index in [1.165, 1.54) is 22.5 Å². The van der Waals surface area contributed by atoms with Gasteiger partial charge in [-0.3, -0.25) is 4.90 Å². The summed E-state index contributed by atoms with van der Waals surface area (Å²) in [6, 6.07) is 14.7. The Morgan fingerprint density at radius 1 is 0.786 bits per heavy atom. The zero-order valence-electron chi connectivity index (χ0n) is 16.2. The first-order chi connectivity index (χ1) is 13.7. The van der Waals surface area contributed by atoms with Crippen molar-refractivity contribution >= 4 is 35.1 Å². The van der Waals surface area contributed by atoms with Crippen molar-refractivity contribution in [1.82, 2.24) is 9.80 Å². The van der Waals surface area contributed by atoms with Gasteiger partial charge in [-0.2, -0.15) is 0 Å². The molecule has 2 heterocycles. The number of β-amino-alcohol motifs (C(OH)–C–C–N with tert-alkyl or cyclic N) is 1. The van der Waals surface area contributed by atoms with Gasteiger partial charge in [0.2, 0.25) is 0 Å². The Labute approximate surface area is 172 Å². The van der Waals surface area contributed by atoms with Crippen LogP contribution in [0, 0.1) is 0 Å². The molecule has 1 fully saturated rings. The normalized spacial score (nSPS) is 17.3. The molecule has 28 heavy (non-hydrogen) atoms. The zero-order chi connectivity index (χ0) is 19.3. The predicted octanol–water partition coefficient (Wildman–Crippen LogP) is 3.96. The standard InChI is InChI=1S/C23H28ClN3O/c24-21-9-8-20-7-6-19-4-1-2-5-22(19)27(23(20)18-21)11-3-10-25-12-14-26(15-13-25)16-17-28/h1-2,4-9,18,28H,3,10-17H2. The number of halogens is 1. The van der Waals surface area contributed by atoms with Crippen LogP contribution < -0.4 is 4.90 Å². The Morgan fingerprint density at radius 2 is 1.46 bits per heavy atom. The van der Waals surface area contributed by atoms with E-state index in [2.05, 4.69) is 63.2 Å². The number of para-hydroxylation sites is 1. The largest absolute Gasteiger partial charge is 0.395 e. The number of rotatable bonds is 6. The lowest BCUT2D eigenvalue weighted by Crippen LogP contribution is -2.47. The molecule has 0 aromatic heterocycles. The number of anilines is 2. The first-order valence-corrected chi connectivity index (χ1v) is 10.5. The van der Waals surface area contributed by atoms with Gasteiger partial charge >= 0.3 is 0 Å². The summed E-state index contributed by atoms with van der Waals surface area (Å²) in [7, 11) is 0. The molecular formula is C23H28ClN3O. The van der Waals surface area contributed by atoms with E-state index in [0.717, 1.165) is 57.3 Å². The molecule has 148 valence electrons. The van der Waals surface area contributed by atoms with E-state index in [0.29, 0.717) is 0 Å². The molecule has 0 bridgehead atoms. The maximum absolute atomic E-state index is 9.10. The van der Waals surface area contributed by atoms with E-state index < -0.39 is 0 Å². The summed E-state index contributed by atoms with van der Waals surface area (Å²) >= 11 is 6.34. The van der Waals surface area contributed by atoms with Crippen LogP contribution in [-0.2, 0) is 0 Å². The van der Waals surface area contributed by atoms with Gasteiger partial charge in [-0.1, -0.05) is 48.0 Å². The van der Waals surface area contributed by atoms with Gasteiger partial charge in [-0.05, 0) is 42.3 Å². The highest BCUT2D eigenvalue weighted by molar-refractivity contribution is 6.31. The van der Waals surface area contributed by atoms with E-state index in [1.807, 2.05) is 6.07 Å². The molecule has 0 saturated carbocycles. The monoisotopic (exact) mass is 397 g/mol. The summed E-state index contributed by atoms with van der Waals surface area (Å²) in [5.74, 6) is 0. The van der Waals surface area contributed by atoms with Crippen LogP contribution in [0.3, 0.4) is 0 Å². The molecule has 0 unspecified atom stereocenters. The second-order valence-corrected chi connectivity index (χ2v) is 7.94. The number of aliphatic hydroxyl groups is 1. The van der Waals surface area contributed by atoms with Crippen LogP contribution in [0.1, 0.15) is 17.5 Å². The first-order valence-electron chi connectivity index (χ1n) is 10.1. The summed E-state index contributed by atoms with van der Waals surface area (Å²) in [6.45, 7) is 7.37. The maximum atomic E-state index is 9.10. The van der Waals surface area contributed by atoms with Gasteiger partial charge in [0.15, 0.2) is 0 Å².